The van der Waals surface area contributed by atoms with Gasteiger partial charge in [-0.15, -0.1) is 11.3 Å². The summed E-state index contributed by atoms with van der Waals surface area (Å²) in [5.74, 6) is 0.371. The van der Waals surface area contributed by atoms with E-state index in [-0.39, 0.29) is 11.8 Å². The highest BCUT2D eigenvalue weighted by molar-refractivity contribution is 7.11. The van der Waals surface area contributed by atoms with Crippen LogP contribution in [0.25, 0.3) is 0 Å². The Morgan fingerprint density at radius 1 is 1.32 bits per heavy atom. The minimum Gasteiger partial charge on any atom is -0.333 e. The maximum absolute atomic E-state index is 12.8. The van der Waals surface area contributed by atoms with Gasteiger partial charge in [-0.2, -0.15) is 0 Å². The summed E-state index contributed by atoms with van der Waals surface area (Å²) in [5.41, 5.74) is 1.13. The second-order valence-electron chi connectivity index (χ2n) is 5.75. The molecule has 1 saturated heterocycles. The van der Waals surface area contributed by atoms with Crippen molar-refractivity contribution in [3.05, 3.63) is 52.0 Å². The first kappa shape index (κ1) is 15.2. The van der Waals surface area contributed by atoms with Crippen molar-refractivity contribution in [1.29, 1.82) is 0 Å². The van der Waals surface area contributed by atoms with Gasteiger partial charge in [0.1, 0.15) is 0 Å². The third-order valence-electron chi connectivity index (χ3n) is 3.99. The minimum absolute atomic E-state index is 0.114. The molecule has 116 valence electrons. The summed E-state index contributed by atoms with van der Waals surface area (Å²) >= 11 is 1.76. The van der Waals surface area contributed by atoms with E-state index in [1.807, 2.05) is 17.0 Å². The Bertz CT molecular complexity index is 620. The van der Waals surface area contributed by atoms with E-state index in [0.29, 0.717) is 13.1 Å². The lowest BCUT2D eigenvalue weighted by atomic mass is 10.1. The summed E-state index contributed by atoms with van der Waals surface area (Å²) in [7, 11) is 0. The molecule has 1 atom stereocenters. The molecule has 1 aliphatic heterocycles. The number of carbonyl (C=O) groups is 1. The molecule has 1 N–H and O–H groups in total. The van der Waals surface area contributed by atoms with Gasteiger partial charge in [0, 0.05) is 35.2 Å². The second kappa shape index (κ2) is 7.03. The summed E-state index contributed by atoms with van der Waals surface area (Å²) in [6, 6.07) is 8.20. The zero-order valence-electron chi connectivity index (χ0n) is 12.8. The Balaban J connectivity index is 1.76. The maximum Gasteiger partial charge on any atom is 0.227 e. The second-order valence-corrected chi connectivity index (χ2v) is 7.12. The first-order valence-electron chi connectivity index (χ1n) is 7.66. The molecule has 0 bridgehead atoms. The van der Waals surface area contributed by atoms with Crippen LogP contribution in [-0.2, 0) is 17.9 Å². The SMILES string of the molecule is Cc1ccc(CN(Cc2ccncc2)C(=O)[C@@H]2CCNC2)s1. The van der Waals surface area contributed by atoms with Crippen LogP contribution in [0.15, 0.2) is 36.7 Å². The number of hydrogen-bond donors (Lipinski definition) is 1. The topological polar surface area (TPSA) is 45.2 Å². The lowest BCUT2D eigenvalue weighted by molar-refractivity contribution is -0.136. The van der Waals surface area contributed by atoms with Gasteiger partial charge in [0.25, 0.3) is 0 Å². The molecule has 1 amide bonds. The predicted octanol–water partition coefficient (Wildman–Crippen LogP) is 2.59. The van der Waals surface area contributed by atoms with Crippen LogP contribution in [0, 0.1) is 12.8 Å². The molecule has 3 rings (SSSR count). The fourth-order valence-electron chi connectivity index (χ4n) is 2.80. The molecular formula is C17H21N3OS. The zero-order valence-corrected chi connectivity index (χ0v) is 13.6. The van der Waals surface area contributed by atoms with E-state index >= 15 is 0 Å². The van der Waals surface area contributed by atoms with E-state index in [2.05, 4.69) is 29.4 Å². The normalized spacial score (nSPS) is 17.6. The average molecular weight is 315 g/mol. The van der Waals surface area contributed by atoms with Crippen molar-refractivity contribution in [1.82, 2.24) is 15.2 Å². The fraction of sp³-hybridized carbons (Fsp3) is 0.412. The Kier molecular flexibility index (Phi) is 4.85. The van der Waals surface area contributed by atoms with Crippen molar-refractivity contribution in [2.45, 2.75) is 26.4 Å². The predicted molar refractivity (Wildman–Crippen MR) is 88.5 cm³/mol. The Labute approximate surface area is 135 Å². The molecule has 0 aliphatic carbocycles. The number of nitrogens with one attached hydrogen (secondary N) is 1. The van der Waals surface area contributed by atoms with Gasteiger partial charge in [-0.25, -0.2) is 0 Å². The van der Waals surface area contributed by atoms with E-state index in [1.54, 1.807) is 23.7 Å². The average Bonchev–Trinajstić information content (AvgIpc) is 3.19. The Morgan fingerprint density at radius 3 is 2.77 bits per heavy atom. The number of aryl methyl sites for hydroxylation is 1. The lowest BCUT2D eigenvalue weighted by Gasteiger charge is -2.25. The van der Waals surface area contributed by atoms with Crippen LogP contribution in [0.4, 0.5) is 0 Å². The van der Waals surface area contributed by atoms with Crippen LogP contribution < -0.4 is 5.32 Å². The van der Waals surface area contributed by atoms with Gasteiger partial charge < -0.3 is 10.2 Å². The Morgan fingerprint density at radius 2 is 2.14 bits per heavy atom. The molecule has 1 aliphatic rings. The molecule has 5 heteroatoms. The molecule has 0 spiro atoms. The highest BCUT2D eigenvalue weighted by Crippen LogP contribution is 2.21. The molecule has 3 heterocycles. The largest absolute Gasteiger partial charge is 0.333 e. The van der Waals surface area contributed by atoms with Crippen LogP contribution in [0.1, 0.15) is 21.7 Å². The van der Waals surface area contributed by atoms with Crippen molar-refractivity contribution in [3.8, 4) is 0 Å². The number of thiophene rings is 1. The molecule has 22 heavy (non-hydrogen) atoms. The van der Waals surface area contributed by atoms with Gasteiger partial charge in [0.05, 0.1) is 12.5 Å². The smallest absolute Gasteiger partial charge is 0.227 e. The first-order chi connectivity index (χ1) is 10.7. The minimum atomic E-state index is 0.114. The monoisotopic (exact) mass is 315 g/mol. The highest BCUT2D eigenvalue weighted by Gasteiger charge is 2.27. The molecule has 0 radical (unpaired) electrons. The van der Waals surface area contributed by atoms with Gasteiger partial charge in [-0.05, 0) is 49.7 Å². The molecule has 0 unspecified atom stereocenters. The van der Waals surface area contributed by atoms with Crippen LogP contribution in [0.5, 0.6) is 0 Å². The van der Waals surface area contributed by atoms with Crippen LogP contribution >= 0.6 is 11.3 Å². The molecular weight excluding hydrogens is 294 g/mol. The summed E-state index contributed by atoms with van der Waals surface area (Å²) < 4.78 is 0. The summed E-state index contributed by atoms with van der Waals surface area (Å²) in [4.78, 5) is 21.4. The fourth-order valence-corrected chi connectivity index (χ4v) is 3.71. The van der Waals surface area contributed by atoms with E-state index in [0.717, 1.165) is 25.1 Å². The number of aromatic nitrogens is 1. The molecule has 2 aromatic heterocycles. The molecule has 0 saturated carbocycles. The summed E-state index contributed by atoms with van der Waals surface area (Å²) in [6.45, 7) is 5.18. The number of carbonyl (C=O) groups excluding carboxylic acids is 1. The van der Waals surface area contributed by atoms with E-state index in [1.165, 1.54) is 9.75 Å². The molecule has 4 nitrogen and oxygen atoms in total. The summed E-state index contributed by atoms with van der Waals surface area (Å²) in [6.07, 6.45) is 4.50. The number of pyridine rings is 1. The number of nitrogens with zero attached hydrogens (tertiary/aromatic N) is 2. The maximum atomic E-state index is 12.8. The number of amides is 1. The van der Waals surface area contributed by atoms with Crippen LogP contribution in [0.3, 0.4) is 0 Å². The quantitative estimate of drug-likeness (QED) is 0.922. The summed E-state index contributed by atoms with van der Waals surface area (Å²) in [5, 5.41) is 3.29. The molecule has 1 fully saturated rings. The van der Waals surface area contributed by atoms with Gasteiger partial charge in [-0.1, -0.05) is 0 Å². The van der Waals surface area contributed by atoms with Crippen molar-refractivity contribution in [3.63, 3.8) is 0 Å². The number of rotatable bonds is 5. The lowest BCUT2D eigenvalue weighted by Crippen LogP contribution is -2.36. The van der Waals surface area contributed by atoms with Crippen molar-refractivity contribution >= 4 is 17.2 Å². The van der Waals surface area contributed by atoms with Crippen molar-refractivity contribution < 1.29 is 4.79 Å². The third-order valence-corrected chi connectivity index (χ3v) is 4.97. The standard InChI is InChI=1S/C17H21N3OS/c1-13-2-3-16(22-13)12-20(11-14-4-7-18-8-5-14)17(21)15-6-9-19-10-15/h2-5,7-8,15,19H,6,9-12H2,1H3/t15-/m1/s1. The first-order valence-corrected chi connectivity index (χ1v) is 8.48. The van der Waals surface area contributed by atoms with Crippen LogP contribution in [-0.4, -0.2) is 28.9 Å². The highest BCUT2D eigenvalue weighted by atomic mass is 32.1. The molecule has 0 aromatic carbocycles. The van der Waals surface area contributed by atoms with E-state index < -0.39 is 0 Å². The van der Waals surface area contributed by atoms with Crippen molar-refractivity contribution in [2.24, 2.45) is 5.92 Å². The third kappa shape index (κ3) is 3.72. The number of hydrogen-bond acceptors (Lipinski definition) is 4. The van der Waals surface area contributed by atoms with Crippen molar-refractivity contribution in [2.75, 3.05) is 13.1 Å². The van der Waals surface area contributed by atoms with Crippen LogP contribution in [0.2, 0.25) is 0 Å². The molecule has 2 aromatic rings. The Hall–Kier alpha value is -1.72. The van der Waals surface area contributed by atoms with Gasteiger partial charge in [0.2, 0.25) is 5.91 Å². The van der Waals surface area contributed by atoms with Gasteiger partial charge >= 0.3 is 0 Å². The van der Waals surface area contributed by atoms with Gasteiger partial charge in [-0.3, -0.25) is 9.78 Å². The zero-order chi connectivity index (χ0) is 15.4. The van der Waals surface area contributed by atoms with E-state index in [9.17, 15) is 4.79 Å². The van der Waals surface area contributed by atoms with E-state index in [4.69, 9.17) is 0 Å². The van der Waals surface area contributed by atoms with Gasteiger partial charge in [0.15, 0.2) is 0 Å².